The van der Waals surface area contributed by atoms with E-state index in [1.807, 2.05) is 0 Å². The number of halogens is 3. The minimum absolute atomic E-state index is 0.0996. The third kappa shape index (κ3) is 5.76. The molecule has 23 heavy (non-hydrogen) atoms. The number of hydrogen-bond donors (Lipinski definition) is 1. The van der Waals surface area contributed by atoms with E-state index in [2.05, 4.69) is 10.2 Å². The van der Waals surface area contributed by atoms with E-state index in [4.69, 9.17) is 4.74 Å². The highest BCUT2D eigenvalue weighted by Gasteiger charge is 2.40. The number of hydrogen-bond acceptors (Lipinski definition) is 4. The molecule has 0 aliphatic heterocycles. The zero-order chi connectivity index (χ0) is 17.8. The molecule has 0 atom stereocenters. The second-order valence-electron chi connectivity index (χ2n) is 5.64. The average Bonchev–Trinajstić information content (AvgIpc) is 2.41. The molecule has 0 fully saturated rings. The second kappa shape index (κ2) is 6.84. The first-order valence-electron chi connectivity index (χ1n) is 6.62. The molecule has 0 aliphatic rings. The van der Waals surface area contributed by atoms with Crippen LogP contribution in [0.3, 0.4) is 0 Å². The smallest absolute Gasteiger partial charge is 0.423 e. The summed E-state index contributed by atoms with van der Waals surface area (Å²) in [7, 11) is 0.957. The highest BCUT2D eigenvalue weighted by molar-refractivity contribution is 5.67. The lowest BCUT2D eigenvalue weighted by atomic mass is 10.1. The van der Waals surface area contributed by atoms with Crippen LogP contribution in [0.25, 0.3) is 0 Å². The quantitative estimate of drug-likeness (QED) is 0.852. The summed E-state index contributed by atoms with van der Waals surface area (Å²) in [6.45, 7) is 4.93. The predicted octanol–water partition coefficient (Wildman–Crippen LogP) is 3.70. The molecule has 6 nitrogen and oxygen atoms in total. The van der Waals surface area contributed by atoms with Gasteiger partial charge in [-0.3, -0.25) is 0 Å². The SMILES string of the molecule is CO[N+](=O)c1cc(CNC(=O)OC(C)(C)C)ccc1C(F)(F)F. The molecule has 1 aromatic rings. The maximum absolute atomic E-state index is 12.9. The van der Waals surface area contributed by atoms with Crippen molar-refractivity contribution in [3.05, 3.63) is 34.2 Å². The fourth-order valence-electron chi connectivity index (χ4n) is 1.66. The van der Waals surface area contributed by atoms with Crippen molar-refractivity contribution in [3.63, 3.8) is 0 Å². The maximum atomic E-state index is 12.9. The van der Waals surface area contributed by atoms with Gasteiger partial charge in [0.2, 0.25) is 0 Å². The number of nitrogens with zero attached hydrogens (tertiary/aromatic N) is 1. The van der Waals surface area contributed by atoms with Gasteiger partial charge in [0.1, 0.15) is 11.2 Å². The molecule has 0 saturated carbocycles. The molecule has 1 N–H and O–H groups in total. The van der Waals surface area contributed by atoms with Gasteiger partial charge in [-0.25, -0.2) is 9.63 Å². The molecule has 128 valence electrons. The molecule has 0 aromatic heterocycles. The normalized spacial score (nSPS) is 11.8. The number of benzene rings is 1. The number of alkyl halides is 3. The van der Waals surface area contributed by atoms with Crippen molar-refractivity contribution in [1.82, 2.24) is 5.32 Å². The Hall–Kier alpha value is -2.32. The first kappa shape index (κ1) is 18.7. The van der Waals surface area contributed by atoms with Gasteiger partial charge in [0.15, 0.2) is 7.11 Å². The minimum atomic E-state index is -4.70. The highest BCUT2D eigenvalue weighted by Crippen LogP contribution is 2.36. The van der Waals surface area contributed by atoms with Gasteiger partial charge < -0.3 is 10.1 Å². The second-order valence-corrected chi connectivity index (χ2v) is 5.64. The summed E-state index contributed by atoms with van der Waals surface area (Å²) < 4.78 is 43.6. The number of carbonyl (C=O) groups is 1. The van der Waals surface area contributed by atoms with Crippen LogP contribution in [0.2, 0.25) is 0 Å². The maximum Gasteiger partial charge on any atom is 0.423 e. The average molecular weight is 335 g/mol. The highest BCUT2D eigenvalue weighted by atomic mass is 19.4. The van der Waals surface area contributed by atoms with E-state index in [-0.39, 0.29) is 17.0 Å². The van der Waals surface area contributed by atoms with Crippen LogP contribution in [0, 0.1) is 4.91 Å². The fraction of sp³-hybridized carbons (Fsp3) is 0.500. The zero-order valence-corrected chi connectivity index (χ0v) is 13.2. The van der Waals surface area contributed by atoms with Crippen molar-refractivity contribution in [2.24, 2.45) is 0 Å². The van der Waals surface area contributed by atoms with E-state index in [9.17, 15) is 22.9 Å². The van der Waals surface area contributed by atoms with Crippen molar-refractivity contribution in [1.29, 1.82) is 0 Å². The van der Waals surface area contributed by atoms with Crippen molar-refractivity contribution >= 4 is 11.8 Å². The monoisotopic (exact) mass is 335 g/mol. The Kier molecular flexibility index (Phi) is 5.57. The predicted molar refractivity (Wildman–Crippen MR) is 74.8 cm³/mol. The summed E-state index contributed by atoms with van der Waals surface area (Å²) in [5.41, 5.74) is -2.23. The summed E-state index contributed by atoms with van der Waals surface area (Å²) in [5.74, 6) is 0. The Bertz CT molecular complexity index is 595. The van der Waals surface area contributed by atoms with E-state index >= 15 is 0 Å². The zero-order valence-electron chi connectivity index (χ0n) is 13.2. The van der Waals surface area contributed by atoms with E-state index in [1.54, 1.807) is 20.8 Å². The van der Waals surface area contributed by atoms with E-state index in [1.165, 1.54) is 0 Å². The van der Waals surface area contributed by atoms with Gasteiger partial charge in [-0.1, -0.05) is 6.07 Å². The van der Waals surface area contributed by atoms with Gasteiger partial charge in [0.25, 0.3) is 4.92 Å². The van der Waals surface area contributed by atoms with E-state index in [0.717, 1.165) is 25.3 Å². The molecule has 0 unspecified atom stereocenters. The molecule has 1 aromatic carbocycles. The lowest BCUT2D eigenvalue weighted by Gasteiger charge is -2.19. The molecule has 1 rings (SSSR count). The summed E-state index contributed by atoms with van der Waals surface area (Å²) in [4.78, 5) is 27.0. The summed E-state index contributed by atoms with van der Waals surface area (Å²) in [5, 5.41) is 2.39. The Morgan fingerprint density at radius 1 is 1.26 bits per heavy atom. The van der Waals surface area contributed by atoms with Crippen LogP contribution in [0.5, 0.6) is 0 Å². The Balaban J connectivity index is 2.94. The van der Waals surface area contributed by atoms with Crippen molar-refractivity contribution in [2.45, 2.75) is 39.1 Å². The van der Waals surface area contributed by atoms with Crippen LogP contribution < -0.4 is 5.32 Å². The topological polar surface area (TPSA) is 67.6 Å². The lowest BCUT2D eigenvalue weighted by molar-refractivity contribution is -0.737. The van der Waals surface area contributed by atoms with Crippen molar-refractivity contribution in [2.75, 3.05) is 7.11 Å². The van der Waals surface area contributed by atoms with Gasteiger partial charge in [0, 0.05) is 12.6 Å². The largest absolute Gasteiger partial charge is 0.444 e. The van der Waals surface area contributed by atoms with Crippen LogP contribution in [-0.4, -0.2) is 23.7 Å². The van der Waals surface area contributed by atoms with Gasteiger partial charge in [0.05, 0.1) is 4.91 Å². The molecule has 0 spiro atoms. The molecule has 0 aliphatic carbocycles. The molecule has 0 radical (unpaired) electrons. The van der Waals surface area contributed by atoms with Crippen molar-refractivity contribution < 1.29 is 32.5 Å². The van der Waals surface area contributed by atoms with Gasteiger partial charge in [-0.2, -0.15) is 13.2 Å². The standard InChI is InChI=1S/C14H17F3N2O4/c1-13(2,3)23-12(20)18-8-9-5-6-10(14(15,16)17)11(7-9)19(21)22-4/h5-7H,8H2,1-4H3/p+1. The number of carbonyl (C=O) groups excluding carboxylic acids is 1. The van der Waals surface area contributed by atoms with Crippen LogP contribution in [0.4, 0.5) is 23.7 Å². The fourth-order valence-corrected chi connectivity index (χ4v) is 1.66. The summed E-state index contributed by atoms with van der Waals surface area (Å²) in [6.07, 6.45) is -5.42. The van der Waals surface area contributed by atoms with E-state index < -0.39 is 29.1 Å². The molecule has 1 amide bonds. The number of alkyl carbamates (subject to hydrolysis) is 1. The Labute approximate surface area is 131 Å². The first-order chi connectivity index (χ1) is 10.4. The Morgan fingerprint density at radius 3 is 2.35 bits per heavy atom. The summed E-state index contributed by atoms with van der Waals surface area (Å²) >= 11 is 0. The number of nitrogens with one attached hydrogen (secondary N) is 1. The number of ether oxygens (including phenoxy) is 1. The molecular formula is C14H18F3N2O4+. The number of rotatable bonds is 4. The summed E-state index contributed by atoms with van der Waals surface area (Å²) in [6, 6.07) is 2.91. The van der Waals surface area contributed by atoms with Gasteiger partial charge >= 0.3 is 18.0 Å². The van der Waals surface area contributed by atoms with Crippen LogP contribution in [0.15, 0.2) is 18.2 Å². The van der Waals surface area contributed by atoms with Gasteiger partial charge in [-0.05, 0) is 32.4 Å². The minimum Gasteiger partial charge on any atom is -0.444 e. The van der Waals surface area contributed by atoms with Crippen molar-refractivity contribution in [3.8, 4) is 0 Å². The number of amides is 1. The molecule has 0 heterocycles. The van der Waals surface area contributed by atoms with Gasteiger partial charge in [-0.15, -0.1) is 0 Å². The molecular weight excluding hydrogens is 317 g/mol. The van der Waals surface area contributed by atoms with Crippen LogP contribution in [0.1, 0.15) is 31.9 Å². The van der Waals surface area contributed by atoms with E-state index in [0.29, 0.717) is 0 Å². The van der Waals surface area contributed by atoms with Crippen LogP contribution >= 0.6 is 0 Å². The third-order valence-electron chi connectivity index (χ3n) is 2.57. The molecule has 0 bridgehead atoms. The third-order valence-corrected chi connectivity index (χ3v) is 2.57. The molecule has 9 heteroatoms. The first-order valence-corrected chi connectivity index (χ1v) is 6.62. The van der Waals surface area contributed by atoms with Crippen LogP contribution in [-0.2, 0) is 22.3 Å². The Morgan fingerprint density at radius 2 is 1.87 bits per heavy atom. The molecule has 0 saturated heterocycles. The lowest BCUT2D eigenvalue weighted by Crippen LogP contribution is -2.32.